The highest BCUT2D eigenvalue weighted by Gasteiger charge is 2.40. The molecule has 2 aromatic rings. The highest BCUT2D eigenvalue weighted by atomic mass is 28.4. The summed E-state index contributed by atoms with van der Waals surface area (Å²) in [5.74, 6) is 0. The Balaban J connectivity index is 1.97. The van der Waals surface area contributed by atoms with Crippen molar-refractivity contribution in [2.75, 3.05) is 6.61 Å². The largest absolute Gasteiger partial charge is 0.416 e. The van der Waals surface area contributed by atoms with E-state index < -0.39 is 8.32 Å². The van der Waals surface area contributed by atoms with Crippen molar-refractivity contribution in [1.82, 2.24) is 4.90 Å². The zero-order valence-corrected chi connectivity index (χ0v) is 16.9. The SMILES string of the molecule is C[Si](C)(C)OC[C@H](c1ccccc1)N1[C@H](C#N)CC[C@H]1c1ccccc1. The van der Waals surface area contributed by atoms with Gasteiger partial charge in [-0.3, -0.25) is 4.90 Å². The number of hydrogen-bond donors (Lipinski definition) is 0. The van der Waals surface area contributed by atoms with Crippen molar-refractivity contribution in [3.8, 4) is 6.07 Å². The second-order valence-corrected chi connectivity index (χ2v) is 12.5. The van der Waals surface area contributed by atoms with Crippen LogP contribution < -0.4 is 0 Å². The monoisotopic (exact) mass is 364 g/mol. The Morgan fingerprint density at radius 2 is 1.65 bits per heavy atom. The van der Waals surface area contributed by atoms with Crippen molar-refractivity contribution >= 4 is 8.32 Å². The first-order chi connectivity index (χ1) is 12.5. The van der Waals surface area contributed by atoms with Crippen LogP contribution in [0.1, 0.15) is 36.1 Å². The fourth-order valence-corrected chi connectivity index (χ4v) is 4.43. The predicted molar refractivity (Wildman–Crippen MR) is 108 cm³/mol. The molecule has 1 saturated heterocycles. The molecule has 4 heteroatoms. The molecule has 0 saturated carbocycles. The van der Waals surface area contributed by atoms with Gasteiger partial charge in [-0.15, -0.1) is 0 Å². The molecule has 0 spiro atoms. The summed E-state index contributed by atoms with van der Waals surface area (Å²) >= 11 is 0. The average Bonchev–Trinajstić information content (AvgIpc) is 3.06. The molecule has 3 rings (SSSR count). The Bertz CT molecular complexity index is 736. The molecule has 1 heterocycles. The van der Waals surface area contributed by atoms with Gasteiger partial charge in [0, 0.05) is 6.04 Å². The topological polar surface area (TPSA) is 36.3 Å². The maximum absolute atomic E-state index is 9.80. The molecule has 3 nitrogen and oxygen atoms in total. The van der Waals surface area contributed by atoms with Gasteiger partial charge in [0.2, 0.25) is 0 Å². The van der Waals surface area contributed by atoms with E-state index in [2.05, 4.69) is 79.1 Å². The van der Waals surface area contributed by atoms with Gasteiger partial charge in [-0.2, -0.15) is 5.26 Å². The van der Waals surface area contributed by atoms with Gasteiger partial charge in [-0.1, -0.05) is 60.7 Å². The standard InChI is InChI=1S/C22H28N2OSi/c1-26(2,3)25-17-22(19-12-8-5-9-13-19)24-20(16-23)14-15-21(24)18-10-6-4-7-11-18/h4-13,20-22H,14-15,17H2,1-3H3/t20-,21-,22+/m0/s1. The normalized spacial score (nSPS) is 22.1. The van der Waals surface area contributed by atoms with Gasteiger partial charge in [-0.05, 0) is 43.6 Å². The third kappa shape index (κ3) is 4.42. The lowest BCUT2D eigenvalue weighted by Crippen LogP contribution is -2.39. The lowest BCUT2D eigenvalue weighted by atomic mass is 10.0. The minimum atomic E-state index is -1.65. The molecule has 0 aromatic heterocycles. The van der Waals surface area contributed by atoms with Crippen LogP contribution in [0.15, 0.2) is 60.7 Å². The minimum Gasteiger partial charge on any atom is -0.416 e. The lowest BCUT2D eigenvalue weighted by molar-refractivity contribution is 0.100. The van der Waals surface area contributed by atoms with Crippen LogP contribution in [0, 0.1) is 11.3 Å². The predicted octanol–water partition coefficient (Wildman–Crippen LogP) is 5.31. The van der Waals surface area contributed by atoms with Crippen molar-refractivity contribution in [3.05, 3.63) is 71.8 Å². The van der Waals surface area contributed by atoms with Crippen LogP contribution in [0.25, 0.3) is 0 Å². The van der Waals surface area contributed by atoms with E-state index in [0.717, 1.165) is 12.8 Å². The van der Waals surface area contributed by atoms with Gasteiger partial charge in [0.15, 0.2) is 8.32 Å². The third-order valence-corrected chi connectivity index (χ3v) is 6.02. The molecule has 1 fully saturated rings. The van der Waals surface area contributed by atoms with Crippen molar-refractivity contribution in [3.63, 3.8) is 0 Å². The van der Waals surface area contributed by atoms with E-state index >= 15 is 0 Å². The quantitative estimate of drug-likeness (QED) is 0.652. The first-order valence-corrected chi connectivity index (χ1v) is 12.8. The molecular weight excluding hydrogens is 336 g/mol. The summed E-state index contributed by atoms with van der Waals surface area (Å²) in [6, 6.07) is 23.9. The first kappa shape index (κ1) is 18.8. The van der Waals surface area contributed by atoms with Gasteiger partial charge in [-0.25, -0.2) is 0 Å². The van der Waals surface area contributed by atoms with Crippen LogP contribution in [0.4, 0.5) is 0 Å². The zero-order valence-electron chi connectivity index (χ0n) is 15.9. The highest BCUT2D eigenvalue weighted by Crippen LogP contribution is 2.42. The van der Waals surface area contributed by atoms with Crippen molar-refractivity contribution < 1.29 is 4.43 Å². The second kappa shape index (κ2) is 8.18. The van der Waals surface area contributed by atoms with E-state index in [1.165, 1.54) is 11.1 Å². The molecule has 0 unspecified atom stereocenters. The molecule has 1 aliphatic heterocycles. The average molecular weight is 365 g/mol. The summed E-state index contributed by atoms with van der Waals surface area (Å²) < 4.78 is 6.32. The van der Waals surface area contributed by atoms with E-state index in [4.69, 9.17) is 4.43 Å². The van der Waals surface area contributed by atoms with E-state index in [-0.39, 0.29) is 18.1 Å². The molecular formula is C22H28N2OSi. The molecule has 2 aromatic carbocycles. The summed E-state index contributed by atoms with van der Waals surface area (Å²) in [6.45, 7) is 7.29. The Morgan fingerprint density at radius 1 is 1.04 bits per heavy atom. The van der Waals surface area contributed by atoms with Gasteiger partial charge in [0.25, 0.3) is 0 Å². The Kier molecular flexibility index (Phi) is 5.93. The summed E-state index contributed by atoms with van der Waals surface area (Å²) in [6.07, 6.45) is 1.92. The molecule has 0 amide bonds. The van der Waals surface area contributed by atoms with E-state index in [0.29, 0.717) is 6.61 Å². The van der Waals surface area contributed by atoms with Crippen LogP contribution in [0.5, 0.6) is 0 Å². The number of likely N-dealkylation sites (tertiary alicyclic amines) is 1. The molecule has 1 aliphatic rings. The van der Waals surface area contributed by atoms with Gasteiger partial charge in [0.1, 0.15) is 0 Å². The summed E-state index contributed by atoms with van der Waals surface area (Å²) in [5, 5.41) is 9.80. The van der Waals surface area contributed by atoms with Crippen LogP contribution in [-0.4, -0.2) is 25.9 Å². The van der Waals surface area contributed by atoms with Gasteiger partial charge >= 0.3 is 0 Å². The van der Waals surface area contributed by atoms with Crippen LogP contribution in [0.2, 0.25) is 19.6 Å². The fourth-order valence-electron chi connectivity index (χ4n) is 3.77. The molecule has 0 radical (unpaired) electrons. The van der Waals surface area contributed by atoms with Crippen LogP contribution >= 0.6 is 0 Å². The van der Waals surface area contributed by atoms with E-state index in [1.807, 2.05) is 12.1 Å². The maximum atomic E-state index is 9.80. The van der Waals surface area contributed by atoms with Crippen molar-refractivity contribution in [2.45, 2.75) is 50.6 Å². The first-order valence-electron chi connectivity index (χ1n) is 9.40. The smallest absolute Gasteiger partial charge is 0.183 e. The number of nitrogens with zero attached hydrogens (tertiary/aromatic N) is 2. The minimum absolute atomic E-state index is 0.0735. The van der Waals surface area contributed by atoms with Crippen LogP contribution in [0.3, 0.4) is 0 Å². The third-order valence-electron chi connectivity index (χ3n) is 4.99. The molecule has 3 atom stereocenters. The summed E-state index contributed by atoms with van der Waals surface area (Å²) in [4.78, 5) is 2.39. The van der Waals surface area contributed by atoms with Crippen LogP contribution in [-0.2, 0) is 4.43 Å². The molecule has 0 N–H and O–H groups in total. The second-order valence-electron chi connectivity index (χ2n) is 7.95. The fraction of sp³-hybridized carbons (Fsp3) is 0.409. The Hall–Kier alpha value is -1.93. The van der Waals surface area contributed by atoms with Crippen molar-refractivity contribution in [1.29, 1.82) is 5.26 Å². The molecule has 0 aliphatic carbocycles. The number of rotatable bonds is 6. The number of nitriles is 1. The number of hydrogen-bond acceptors (Lipinski definition) is 3. The Labute approximate surface area is 158 Å². The van der Waals surface area contributed by atoms with Gasteiger partial charge < -0.3 is 4.43 Å². The zero-order chi connectivity index (χ0) is 18.6. The van der Waals surface area contributed by atoms with E-state index in [9.17, 15) is 5.26 Å². The summed E-state index contributed by atoms with van der Waals surface area (Å²) in [5.41, 5.74) is 2.52. The molecule has 0 bridgehead atoms. The molecule has 26 heavy (non-hydrogen) atoms. The van der Waals surface area contributed by atoms with Gasteiger partial charge in [0.05, 0.1) is 24.8 Å². The summed E-state index contributed by atoms with van der Waals surface area (Å²) in [7, 11) is -1.65. The number of benzene rings is 2. The molecule has 136 valence electrons. The lowest BCUT2D eigenvalue weighted by Gasteiger charge is -2.37. The Morgan fingerprint density at radius 3 is 2.23 bits per heavy atom. The van der Waals surface area contributed by atoms with Crippen molar-refractivity contribution in [2.24, 2.45) is 0 Å². The highest BCUT2D eigenvalue weighted by molar-refractivity contribution is 6.69. The van der Waals surface area contributed by atoms with E-state index in [1.54, 1.807) is 0 Å². The maximum Gasteiger partial charge on any atom is 0.183 e.